The van der Waals surface area contributed by atoms with Gasteiger partial charge in [-0.2, -0.15) is 8.42 Å². The van der Waals surface area contributed by atoms with Crippen LogP contribution in [0.15, 0.2) is 0 Å². The Balaban J connectivity index is 3.89. The highest BCUT2D eigenvalue weighted by Gasteiger charge is 2.26. The highest BCUT2D eigenvalue weighted by Crippen LogP contribution is 2.21. The molecule has 0 amide bonds. The quantitative estimate of drug-likeness (QED) is 0.388. The Labute approximate surface area is 97.2 Å². The molecule has 0 aliphatic heterocycles. The summed E-state index contributed by atoms with van der Waals surface area (Å²) in [6.45, 7) is 5.59. The Bertz CT molecular complexity index is 318. The minimum Gasteiger partial charge on any atom is -0.465 e. The van der Waals surface area contributed by atoms with E-state index in [0.717, 1.165) is 7.11 Å². The van der Waals surface area contributed by atoms with Crippen LogP contribution in [0, 0.1) is 5.41 Å². The van der Waals surface area contributed by atoms with Gasteiger partial charge in [0, 0.05) is 0 Å². The van der Waals surface area contributed by atoms with E-state index in [-0.39, 0.29) is 24.7 Å². The Kier molecular flexibility index (Phi) is 5.96. The van der Waals surface area contributed by atoms with Crippen molar-refractivity contribution in [1.29, 1.82) is 0 Å². The summed E-state index contributed by atoms with van der Waals surface area (Å²) in [7, 11) is -2.34. The molecule has 0 fully saturated rings. The zero-order valence-electron chi connectivity index (χ0n) is 10.3. The first-order valence-corrected chi connectivity index (χ1v) is 6.78. The molecule has 0 rings (SSSR count). The number of esters is 1. The van der Waals surface area contributed by atoms with E-state index in [1.807, 2.05) is 6.92 Å². The summed E-state index contributed by atoms with van der Waals surface area (Å²) in [5.74, 6) is -0.437. The summed E-state index contributed by atoms with van der Waals surface area (Å²) >= 11 is 0. The Hall–Kier alpha value is -0.620. The third kappa shape index (κ3) is 5.46. The molecule has 0 saturated carbocycles. The molecule has 5 nitrogen and oxygen atoms in total. The molecule has 0 aromatic carbocycles. The summed E-state index contributed by atoms with van der Waals surface area (Å²) < 4.78 is 31.1. The van der Waals surface area contributed by atoms with Crippen molar-refractivity contribution in [3.05, 3.63) is 0 Å². The van der Waals surface area contributed by atoms with Crippen LogP contribution in [0.2, 0.25) is 0 Å². The van der Waals surface area contributed by atoms with Gasteiger partial charge in [-0.25, -0.2) is 0 Å². The molecule has 0 heterocycles. The maximum absolute atomic E-state index is 11.5. The van der Waals surface area contributed by atoms with E-state index in [4.69, 9.17) is 4.74 Å². The lowest BCUT2D eigenvalue weighted by Crippen LogP contribution is -2.26. The first-order valence-electron chi connectivity index (χ1n) is 5.20. The van der Waals surface area contributed by atoms with E-state index < -0.39 is 15.5 Å². The minimum atomic E-state index is -3.45. The fourth-order valence-corrected chi connectivity index (χ4v) is 1.46. The molecule has 0 aromatic heterocycles. The highest BCUT2D eigenvalue weighted by molar-refractivity contribution is 7.86. The van der Waals surface area contributed by atoms with Crippen LogP contribution in [0.1, 0.15) is 33.6 Å². The molecular formula is C10H20O5S. The second kappa shape index (κ2) is 6.20. The fraction of sp³-hybridized carbons (Fsp3) is 0.900. The predicted molar refractivity (Wildman–Crippen MR) is 60.4 cm³/mol. The van der Waals surface area contributed by atoms with Gasteiger partial charge in [-0.15, -0.1) is 0 Å². The van der Waals surface area contributed by atoms with Gasteiger partial charge in [0.15, 0.2) is 0 Å². The molecule has 0 bridgehead atoms. The van der Waals surface area contributed by atoms with Gasteiger partial charge in [0.25, 0.3) is 10.1 Å². The van der Waals surface area contributed by atoms with Crippen molar-refractivity contribution in [1.82, 2.24) is 0 Å². The second-order valence-electron chi connectivity index (χ2n) is 4.16. The van der Waals surface area contributed by atoms with Crippen LogP contribution >= 0.6 is 0 Å². The van der Waals surface area contributed by atoms with Crippen molar-refractivity contribution in [3.63, 3.8) is 0 Å². The van der Waals surface area contributed by atoms with E-state index >= 15 is 0 Å². The van der Waals surface area contributed by atoms with Crippen molar-refractivity contribution in [3.8, 4) is 0 Å². The van der Waals surface area contributed by atoms with Crippen molar-refractivity contribution in [2.24, 2.45) is 5.41 Å². The predicted octanol–water partition coefficient (Wildman–Crippen LogP) is 1.33. The van der Waals surface area contributed by atoms with E-state index in [9.17, 15) is 13.2 Å². The third-order valence-corrected chi connectivity index (χ3v) is 3.76. The number of carbonyl (C=O) groups excluding carboxylic acids is 1. The molecule has 0 aliphatic carbocycles. The zero-order valence-corrected chi connectivity index (χ0v) is 11.1. The normalized spacial score (nSPS) is 12.5. The van der Waals surface area contributed by atoms with Crippen molar-refractivity contribution >= 4 is 16.1 Å². The Morgan fingerprint density at radius 1 is 1.31 bits per heavy atom. The number of hydrogen-bond donors (Lipinski definition) is 0. The summed E-state index contributed by atoms with van der Waals surface area (Å²) in [5.41, 5.74) is -0.514. The molecule has 0 N–H and O–H groups in total. The van der Waals surface area contributed by atoms with Gasteiger partial charge in [0.05, 0.1) is 24.9 Å². The molecule has 6 heteroatoms. The third-order valence-electron chi connectivity index (χ3n) is 2.46. The van der Waals surface area contributed by atoms with Crippen LogP contribution in [-0.2, 0) is 23.8 Å². The fourth-order valence-electron chi connectivity index (χ4n) is 0.824. The van der Waals surface area contributed by atoms with E-state index in [1.54, 1.807) is 13.8 Å². The van der Waals surface area contributed by atoms with Gasteiger partial charge >= 0.3 is 5.97 Å². The van der Waals surface area contributed by atoms with Crippen molar-refractivity contribution in [2.75, 3.05) is 19.5 Å². The molecule has 0 unspecified atom stereocenters. The standard InChI is InChI=1S/C10H20O5S/c1-5-10(2,3)9(11)15-7-6-8-16(12,13)14-4/h5-8H2,1-4H3. The van der Waals surface area contributed by atoms with Gasteiger partial charge in [-0.3, -0.25) is 8.98 Å². The van der Waals surface area contributed by atoms with Crippen LogP contribution in [0.3, 0.4) is 0 Å². The number of carbonyl (C=O) groups is 1. The number of rotatable bonds is 7. The van der Waals surface area contributed by atoms with Crippen molar-refractivity contribution in [2.45, 2.75) is 33.6 Å². The lowest BCUT2D eigenvalue weighted by molar-refractivity contribution is -0.154. The topological polar surface area (TPSA) is 69.7 Å². The maximum atomic E-state index is 11.5. The monoisotopic (exact) mass is 252 g/mol. The second-order valence-corrected chi connectivity index (χ2v) is 6.01. The van der Waals surface area contributed by atoms with Crippen LogP contribution in [0.25, 0.3) is 0 Å². The van der Waals surface area contributed by atoms with Crippen molar-refractivity contribution < 1.29 is 22.1 Å². The van der Waals surface area contributed by atoms with Crippen LogP contribution in [-0.4, -0.2) is 33.9 Å². The summed E-state index contributed by atoms with van der Waals surface area (Å²) in [5, 5.41) is 0. The van der Waals surface area contributed by atoms with Crippen LogP contribution in [0.5, 0.6) is 0 Å². The van der Waals surface area contributed by atoms with E-state index in [1.165, 1.54) is 0 Å². The zero-order chi connectivity index (χ0) is 12.8. The van der Waals surface area contributed by atoms with Gasteiger partial charge in [-0.1, -0.05) is 6.92 Å². The molecule has 0 aromatic rings. The number of ether oxygens (including phenoxy) is 1. The molecular weight excluding hydrogens is 232 g/mol. The molecule has 0 radical (unpaired) electrons. The Morgan fingerprint density at radius 2 is 1.88 bits per heavy atom. The molecule has 0 spiro atoms. The first-order chi connectivity index (χ1) is 7.25. The summed E-state index contributed by atoms with van der Waals surface area (Å²) in [6, 6.07) is 0. The minimum absolute atomic E-state index is 0.102. The molecule has 0 saturated heterocycles. The largest absolute Gasteiger partial charge is 0.465 e. The number of hydrogen-bond acceptors (Lipinski definition) is 5. The maximum Gasteiger partial charge on any atom is 0.311 e. The lowest BCUT2D eigenvalue weighted by atomic mass is 9.91. The van der Waals surface area contributed by atoms with Gasteiger partial charge in [-0.05, 0) is 26.7 Å². The van der Waals surface area contributed by atoms with Gasteiger partial charge < -0.3 is 4.74 Å². The summed E-state index contributed by atoms with van der Waals surface area (Å²) in [4.78, 5) is 11.5. The van der Waals surface area contributed by atoms with E-state index in [0.29, 0.717) is 6.42 Å². The molecule has 96 valence electrons. The lowest BCUT2D eigenvalue weighted by Gasteiger charge is -2.20. The van der Waals surface area contributed by atoms with Crippen LogP contribution in [0.4, 0.5) is 0 Å². The first kappa shape index (κ1) is 15.4. The average Bonchev–Trinajstić information content (AvgIpc) is 2.24. The Morgan fingerprint density at radius 3 is 2.31 bits per heavy atom. The van der Waals surface area contributed by atoms with Crippen LogP contribution < -0.4 is 0 Å². The molecule has 0 atom stereocenters. The smallest absolute Gasteiger partial charge is 0.311 e. The average molecular weight is 252 g/mol. The van der Waals surface area contributed by atoms with Gasteiger partial charge in [0.2, 0.25) is 0 Å². The SMILES string of the molecule is CCC(C)(C)C(=O)OCCCS(=O)(=O)OC. The molecule has 0 aliphatic rings. The van der Waals surface area contributed by atoms with E-state index in [2.05, 4.69) is 4.18 Å². The highest BCUT2D eigenvalue weighted by atomic mass is 32.2. The van der Waals surface area contributed by atoms with Gasteiger partial charge in [0.1, 0.15) is 0 Å². The molecule has 16 heavy (non-hydrogen) atoms. The summed E-state index contributed by atoms with van der Waals surface area (Å²) in [6.07, 6.45) is 0.934.